The number of benzene rings is 3. The van der Waals surface area contributed by atoms with E-state index in [9.17, 15) is 0 Å². The molecule has 0 bridgehead atoms. The van der Waals surface area contributed by atoms with E-state index in [2.05, 4.69) is 96.8 Å². The van der Waals surface area contributed by atoms with Gasteiger partial charge in [0.15, 0.2) is 0 Å². The minimum atomic E-state index is 1.06. The van der Waals surface area contributed by atoms with Crippen molar-refractivity contribution < 1.29 is 0 Å². The largest absolute Gasteiger partial charge is 0.314 e. The van der Waals surface area contributed by atoms with Crippen LogP contribution in [0.3, 0.4) is 0 Å². The first kappa shape index (κ1) is 14.8. The average molecular weight is 311 g/mol. The van der Waals surface area contributed by atoms with Gasteiger partial charge in [-0.25, -0.2) is 0 Å². The molecular weight excluding hydrogens is 290 g/mol. The van der Waals surface area contributed by atoms with Crippen LogP contribution in [0.4, 0.5) is 11.4 Å². The molecule has 1 heteroatoms. The third-order valence-electron chi connectivity index (χ3n) is 4.58. The molecule has 0 fully saturated rings. The summed E-state index contributed by atoms with van der Waals surface area (Å²) in [6, 6.07) is 24.0. The van der Waals surface area contributed by atoms with Crippen molar-refractivity contribution in [3.8, 4) is 0 Å². The monoisotopic (exact) mass is 311 g/mol. The zero-order valence-corrected chi connectivity index (χ0v) is 13.9. The summed E-state index contributed by atoms with van der Waals surface area (Å²) >= 11 is 0. The lowest BCUT2D eigenvalue weighted by molar-refractivity contribution is 0.919. The van der Waals surface area contributed by atoms with Crippen LogP contribution >= 0.6 is 0 Å². The van der Waals surface area contributed by atoms with Gasteiger partial charge in [-0.15, -0.1) is 0 Å². The molecule has 3 aromatic rings. The topological polar surface area (TPSA) is 3.24 Å². The molecule has 3 aromatic carbocycles. The van der Waals surface area contributed by atoms with E-state index in [0.29, 0.717) is 0 Å². The lowest BCUT2D eigenvalue weighted by atomic mass is 10.0. The quantitative estimate of drug-likeness (QED) is 0.532. The van der Waals surface area contributed by atoms with Crippen LogP contribution in [0.5, 0.6) is 0 Å². The first-order valence-electron chi connectivity index (χ1n) is 8.53. The molecule has 0 radical (unpaired) electrons. The molecule has 0 amide bonds. The van der Waals surface area contributed by atoms with E-state index in [1.54, 1.807) is 0 Å². The van der Waals surface area contributed by atoms with E-state index in [4.69, 9.17) is 0 Å². The highest BCUT2D eigenvalue weighted by molar-refractivity contribution is 5.97. The lowest BCUT2D eigenvalue weighted by Crippen LogP contribution is -2.17. The number of anilines is 2. The Labute approximate surface area is 143 Å². The number of allylic oxidation sites excluding steroid dienone is 4. The molecule has 0 saturated heterocycles. The number of aryl methyl sites for hydroxylation is 1. The van der Waals surface area contributed by atoms with Gasteiger partial charge >= 0.3 is 0 Å². The molecule has 0 atom stereocenters. The molecule has 0 saturated carbocycles. The normalized spacial score (nSPS) is 13.8. The van der Waals surface area contributed by atoms with Gasteiger partial charge in [0.25, 0.3) is 0 Å². The van der Waals surface area contributed by atoms with Crippen LogP contribution in [0.15, 0.2) is 90.7 Å². The molecule has 0 spiro atoms. The SMILES string of the molecule is Cc1ccc(N(C2=CC=CCC2)c2cccc3ccccc23)cc1. The van der Waals surface area contributed by atoms with Gasteiger partial charge in [0.05, 0.1) is 5.69 Å². The zero-order valence-electron chi connectivity index (χ0n) is 13.9. The minimum Gasteiger partial charge on any atom is -0.314 e. The predicted molar refractivity (Wildman–Crippen MR) is 104 cm³/mol. The summed E-state index contributed by atoms with van der Waals surface area (Å²) in [6.45, 7) is 2.13. The standard InChI is InChI=1S/C23H21N/c1-18-14-16-21(17-15-18)24(20-10-3-2-4-11-20)23-13-7-9-19-8-5-6-12-22(19)23/h2-3,5-10,12-17H,4,11H2,1H3. The second-order valence-corrected chi connectivity index (χ2v) is 6.29. The second-order valence-electron chi connectivity index (χ2n) is 6.29. The molecule has 0 heterocycles. The van der Waals surface area contributed by atoms with E-state index in [1.807, 2.05) is 0 Å². The third kappa shape index (κ3) is 2.74. The van der Waals surface area contributed by atoms with Crippen LogP contribution in [0.2, 0.25) is 0 Å². The Kier molecular flexibility index (Phi) is 3.92. The summed E-state index contributed by atoms with van der Waals surface area (Å²) in [7, 11) is 0. The van der Waals surface area contributed by atoms with E-state index in [1.165, 1.54) is 33.4 Å². The van der Waals surface area contributed by atoms with Crippen molar-refractivity contribution in [1.29, 1.82) is 0 Å². The van der Waals surface area contributed by atoms with Crippen LogP contribution in [0, 0.1) is 6.92 Å². The molecular formula is C23H21N. The van der Waals surface area contributed by atoms with Crippen LogP contribution in [-0.2, 0) is 0 Å². The number of rotatable bonds is 3. The molecule has 4 rings (SSSR count). The van der Waals surface area contributed by atoms with Gasteiger partial charge in [-0.1, -0.05) is 66.2 Å². The lowest BCUT2D eigenvalue weighted by Gasteiger charge is -2.30. The van der Waals surface area contributed by atoms with E-state index < -0.39 is 0 Å². The van der Waals surface area contributed by atoms with Gasteiger partial charge < -0.3 is 4.90 Å². The summed E-state index contributed by atoms with van der Waals surface area (Å²) in [5.74, 6) is 0. The molecule has 24 heavy (non-hydrogen) atoms. The van der Waals surface area contributed by atoms with Gasteiger partial charge in [0.1, 0.15) is 0 Å². The second kappa shape index (κ2) is 6.37. The fourth-order valence-electron chi connectivity index (χ4n) is 3.33. The van der Waals surface area contributed by atoms with Crippen molar-refractivity contribution in [3.05, 3.63) is 96.2 Å². The van der Waals surface area contributed by atoms with Gasteiger partial charge in [-0.05, 0) is 49.4 Å². The van der Waals surface area contributed by atoms with Gasteiger partial charge in [0.2, 0.25) is 0 Å². The van der Waals surface area contributed by atoms with Crippen molar-refractivity contribution in [2.24, 2.45) is 0 Å². The number of hydrogen-bond acceptors (Lipinski definition) is 1. The maximum absolute atomic E-state index is 2.41. The van der Waals surface area contributed by atoms with Crippen molar-refractivity contribution in [3.63, 3.8) is 0 Å². The van der Waals surface area contributed by atoms with Crippen molar-refractivity contribution in [1.82, 2.24) is 0 Å². The highest BCUT2D eigenvalue weighted by Crippen LogP contribution is 2.37. The molecule has 1 aliphatic carbocycles. The fourth-order valence-corrected chi connectivity index (χ4v) is 3.33. The van der Waals surface area contributed by atoms with E-state index in [0.717, 1.165) is 12.8 Å². The first-order valence-corrected chi connectivity index (χ1v) is 8.53. The fraction of sp³-hybridized carbons (Fsp3) is 0.130. The van der Waals surface area contributed by atoms with Crippen LogP contribution in [0.1, 0.15) is 18.4 Å². The first-order chi connectivity index (χ1) is 11.8. The van der Waals surface area contributed by atoms with Crippen LogP contribution < -0.4 is 4.90 Å². The molecule has 0 unspecified atom stereocenters. The molecule has 0 N–H and O–H groups in total. The van der Waals surface area contributed by atoms with E-state index >= 15 is 0 Å². The van der Waals surface area contributed by atoms with Crippen LogP contribution in [-0.4, -0.2) is 0 Å². The average Bonchev–Trinajstić information content (AvgIpc) is 2.65. The Morgan fingerprint density at radius 3 is 2.42 bits per heavy atom. The predicted octanol–water partition coefficient (Wildman–Crippen LogP) is 6.52. The Morgan fingerprint density at radius 1 is 0.833 bits per heavy atom. The Bertz CT molecular complexity index is 911. The third-order valence-corrected chi connectivity index (χ3v) is 4.58. The maximum Gasteiger partial charge on any atom is 0.0536 e. The Balaban J connectivity index is 1.93. The summed E-state index contributed by atoms with van der Waals surface area (Å²) in [6.07, 6.45) is 8.81. The summed E-state index contributed by atoms with van der Waals surface area (Å²) in [4.78, 5) is 2.41. The van der Waals surface area contributed by atoms with Gasteiger partial charge in [-0.3, -0.25) is 0 Å². The molecule has 1 aliphatic rings. The van der Waals surface area contributed by atoms with Gasteiger partial charge in [0, 0.05) is 16.8 Å². The number of hydrogen-bond donors (Lipinski definition) is 0. The Hall–Kier alpha value is -2.80. The smallest absolute Gasteiger partial charge is 0.0536 e. The van der Waals surface area contributed by atoms with Gasteiger partial charge in [-0.2, -0.15) is 0 Å². The van der Waals surface area contributed by atoms with Crippen molar-refractivity contribution >= 4 is 22.1 Å². The summed E-state index contributed by atoms with van der Waals surface area (Å²) in [5, 5.41) is 2.56. The summed E-state index contributed by atoms with van der Waals surface area (Å²) in [5.41, 5.74) is 5.10. The molecule has 0 aliphatic heterocycles. The maximum atomic E-state index is 2.41. The number of fused-ring (bicyclic) bond motifs is 1. The van der Waals surface area contributed by atoms with Crippen molar-refractivity contribution in [2.45, 2.75) is 19.8 Å². The minimum absolute atomic E-state index is 1.06. The zero-order chi connectivity index (χ0) is 16.4. The summed E-state index contributed by atoms with van der Waals surface area (Å²) < 4.78 is 0. The number of nitrogens with zero attached hydrogens (tertiary/aromatic N) is 1. The molecule has 118 valence electrons. The Morgan fingerprint density at radius 2 is 1.62 bits per heavy atom. The van der Waals surface area contributed by atoms with Crippen molar-refractivity contribution in [2.75, 3.05) is 4.90 Å². The van der Waals surface area contributed by atoms with Crippen LogP contribution in [0.25, 0.3) is 10.8 Å². The van der Waals surface area contributed by atoms with E-state index in [-0.39, 0.29) is 0 Å². The highest BCUT2D eigenvalue weighted by Gasteiger charge is 2.17. The molecule has 0 aromatic heterocycles. The molecule has 1 nitrogen and oxygen atoms in total. The highest BCUT2D eigenvalue weighted by atomic mass is 15.1.